The van der Waals surface area contributed by atoms with Gasteiger partial charge in [0.1, 0.15) is 0 Å². The van der Waals surface area contributed by atoms with E-state index in [1.807, 2.05) is 5.43 Å². The summed E-state index contributed by atoms with van der Waals surface area (Å²) in [5.74, 6) is 4.56. The molecule has 0 aliphatic heterocycles. The predicted molar refractivity (Wildman–Crippen MR) is 62.9 cm³/mol. The maximum Gasteiger partial charge on any atom is 0.323 e. The topological polar surface area (TPSA) is 130 Å². The minimum absolute atomic E-state index is 0.263. The van der Waals surface area contributed by atoms with Crippen LogP contribution in [0.5, 0.6) is 0 Å². The summed E-state index contributed by atoms with van der Waals surface area (Å²) in [6, 6.07) is 4.63. The van der Waals surface area contributed by atoms with Crippen molar-refractivity contribution >= 4 is 16.9 Å². The highest BCUT2D eigenvalue weighted by molar-refractivity contribution is 5.81. The third-order valence-corrected chi connectivity index (χ3v) is 2.52. The molecular weight excluding hydrogens is 222 g/mol. The number of aromatic amines is 2. The Bertz CT molecular complexity index is 600. The van der Waals surface area contributed by atoms with Gasteiger partial charge in [-0.15, -0.1) is 0 Å². The molecule has 2 aromatic rings. The molecule has 1 amide bonds. The Hall–Kier alpha value is -2.12. The first-order valence-electron chi connectivity index (χ1n) is 5.07. The van der Waals surface area contributed by atoms with Crippen molar-refractivity contribution in [2.24, 2.45) is 11.6 Å². The van der Waals surface area contributed by atoms with E-state index in [2.05, 4.69) is 9.97 Å². The van der Waals surface area contributed by atoms with E-state index in [-0.39, 0.29) is 5.69 Å². The molecule has 0 spiro atoms. The summed E-state index contributed by atoms with van der Waals surface area (Å²) < 4.78 is 0. The van der Waals surface area contributed by atoms with E-state index < -0.39 is 11.9 Å². The molecule has 2 rings (SSSR count). The van der Waals surface area contributed by atoms with Crippen molar-refractivity contribution < 1.29 is 4.79 Å². The SMILES string of the molecule is NNC(=O)C(N)Cc1ccc2[nH]c(=O)[nH]c2c1. The maximum atomic E-state index is 11.2. The number of carbonyl (C=O) groups is 1. The Labute approximate surface area is 96.2 Å². The molecule has 0 saturated carbocycles. The number of hydrogen-bond acceptors (Lipinski definition) is 4. The van der Waals surface area contributed by atoms with Crippen molar-refractivity contribution in [1.82, 2.24) is 15.4 Å². The molecule has 0 bridgehead atoms. The third kappa shape index (κ3) is 2.35. The molecule has 0 radical (unpaired) electrons. The first-order valence-corrected chi connectivity index (χ1v) is 5.07. The number of nitrogens with two attached hydrogens (primary N) is 2. The predicted octanol–water partition coefficient (Wildman–Crippen LogP) is -1.28. The fourth-order valence-corrected chi connectivity index (χ4v) is 1.66. The van der Waals surface area contributed by atoms with Crippen molar-refractivity contribution in [1.29, 1.82) is 0 Å². The van der Waals surface area contributed by atoms with E-state index in [1.54, 1.807) is 18.2 Å². The minimum Gasteiger partial charge on any atom is -0.320 e. The molecule has 90 valence electrons. The smallest absolute Gasteiger partial charge is 0.320 e. The number of hydrazine groups is 1. The zero-order chi connectivity index (χ0) is 12.4. The van der Waals surface area contributed by atoms with Gasteiger partial charge in [-0.05, 0) is 24.1 Å². The summed E-state index contributed by atoms with van der Waals surface area (Å²) in [6.07, 6.45) is 0.353. The van der Waals surface area contributed by atoms with Gasteiger partial charge < -0.3 is 15.7 Å². The van der Waals surface area contributed by atoms with E-state index in [1.165, 1.54) is 0 Å². The molecule has 1 unspecified atom stereocenters. The van der Waals surface area contributed by atoms with Crippen LogP contribution in [-0.4, -0.2) is 21.9 Å². The number of amides is 1. The number of fused-ring (bicyclic) bond motifs is 1. The Morgan fingerprint density at radius 3 is 2.76 bits per heavy atom. The summed E-state index contributed by atoms with van der Waals surface area (Å²) in [4.78, 5) is 27.5. The van der Waals surface area contributed by atoms with Gasteiger partial charge in [-0.3, -0.25) is 10.2 Å². The van der Waals surface area contributed by atoms with Crippen molar-refractivity contribution in [3.05, 3.63) is 34.2 Å². The molecule has 1 atom stereocenters. The van der Waals surface area contributed by atoms with Gasteiger partial charge in [0.2, 0.25) is 0 Å². The lowest BCUT2D eigenvalue weighted by molar-refractivity contribution is -0.122. The van der Waals surface area contributed by atoms with Gasteiger partial charge in [0.25, 0.3) is 5.91 Å². The van der Waals surface area contributed by atoms with Crippen LogP contribution in [-0.2, 0) is 11.2 Å². The highest BCUT2D eigenvalue weighted by Crippen LogP contribution is 2.11. The third-order valence-electron chi connectivity index (χ3n) is 2.52. The second-order valence-electron chi connectivity index (χ2n) is 3.78. The minimum atomic E-state index is -0.705. The van der Waals surface area contributed by atoms with Crippen molar-refractivity contribution in [3.8, 4) is 0 Å². The molecule has 1 heterocycles. The van der Waals surface area contributed by atoms with Crippen LogP contribution in [0, 0.1) is 0 Å². The van der Waals surface area contributed by atoms with Crippen LogP contribution in [0.3, 0.4) is 0 Å². The lowest BCUT2D eigenvalue weighted by Gasteiger charge is -2.09. The van der Waals surface area contributed by atoms with E-state index in [4.69, 9.17) is 11.6 Å². The van der Waals surface area contributed by atoms with Gasteiger partial charge in [0, 0.05) is 0 Å². The molecule has 17 heavy (non-hydrogen) atoms. The first-order chi connectivity index (χ1) is 8.10. The van der Waals surface area contributed by atoms with Gasteiger partial charge >= 0.3 is 5.69 Å². The van der Waals surface area contributed by atoms with E-state index >= 15 is 0 Å². The van der Waals surface area contributed by atoms with Crippen LogP contribution < -0.4 is 22.7 Å². The second kappa shape index (κ2) is 4.40. The number of imidazole rings is 1. The highest BCUT2D eigenvalue weighted by Gasteiger charge is 2.12. The molecule has 0 aliphatic rings. The average Bonchev–Trinajstić information content (AvgIpc) is 2.67. The lowest BCUT2D eigenvalue weighted by atomic mass is 10.1. The van der Waals surface area contributed by atoms with E-state index in [0.29, 0.717) is 11.9 Å². The van der Waals surface area contributed by atoms with E-state index in [0.717, 1.165) is 11.1 Å². The number of benzene rings is 1. The molecule has 0 fully saturated rings. The molecule has 7 N–H and O–H groups in total. The first kappa shape index (κ1) is 11.4. The molecule has 7 heteroatoms. The van der Waals surface area contributed by atoms with Crippen LogP contribution in [0.15, 0.2) is 23.0 Å². The Morgan fingerprint density at radius 1 is 1.35 bits per heavy atom. The van der Waals surface area contributed by atoms with Crippen LogP contribution in [0.4, 0.5) is 0 Å². The summed E-state index contributed by atoms with van der Waals surface area (Å²) in [5.41, 5.74) is 9.63. The molecule has 7 nitrogen and oxygen atoms in total. The number of aromatic nitrogens is 2. The number of hydrogen-bond donors (Lipinski definition) is 5. The van der Waals surface area contributed by atoms with Crippen LogP contribution >= 0.6 is 0 Å². The van der Waals surface area contributed by atoms with Gasteiger partial charge in [0.15, 0.2) is 0 Å². The number of rotatable bonds is 3. The average molecular weight is 235 g/mol. The monoisotopic (exact) mass is 235 g/mol. The second-order valence-corrected chi connectivity index (χ2v) is 3.78. The number of nitrogens with one attached hydrogen (secondary N) is 3. The Kier molecular flexibility index (Phi) is 2.94. The Morgan fingerprint density at radius 2 is 2.06 bits per heavy atom. The van der Waals surface area contributed by atoms with Crippen molar-refractivity contribution in [2.75, 3.05) is 0 Å². The summed E-state index contributed by atoms with van der Waals surface area (Å²) in [7, 11) is 0. The summed E-state index contributed by atoms with van der Waals surface area (Å²) >= 11 is 0. The largest absolute Gasteiger partial charge is 0.323 e. The van der Waals surface area contributed by atoms with Crippen LogP contribution in [0.25, 0.3) is 11.0 Å². The van der Waals surface area contributed by atoms with Crippen LogP contribution in [0.2, 0.25) is 0 Å². The van der Waals surface area contributed by atoms with Crippen molar-refractivity contribution in [2.45, 2.75) is 12.5 Å². The molecule has 0 saturated heterocycles. The van der Waals surface area contributed by atoms with Crippen LogP contribution in [0.1, 0.15) is 5.56 Å². The van der Waals surface area contributed by atoms with Gasteiger partial charge in [-0.1, -0.05) is 6.07 Å². The summed E-state index contributed by atoms with van der Waals surface area (Å²) in [5, 5.41) is 0. The fourth-order valence-electron chi connectivity index (χ4n) is 1.66. The van der Waals surface area contributed by atoms with Gasteiger partial charge in [-0.2, -0.15) is 0 Å². The quantitative estimate of drug-likeness (QED) is 0.257. The van der Waals surface area contributed by atoms with Gasteiger partial charge in [0.05, 0.1) is 17.1 Å². The van der Waals surface area contributed by atoms with Crippen molar-refractivity contribution in [3.63, 3.8) is 0 Å². The maximum absolute atomic E-state index is 11.2. The number of carbonyl (C=O) groups excluding carboxylic acids is 1. The Balaban J connectivity index is 2.24. The molecular formula is C10H13N5O2. The fraction of sp³-hybridized carbons (Fsp3) is 0.200. The highest BCUT2D eigenvalue weighted by atomic mass is 16.2. The molecule has 0 aliphatic carbocycles. The molecule has 1 aromatic carbocycles. The normalized spacial score (nSPS) is 12.6. The molecule has 1 aromatic heterocycles. The zero-order valence-corrected chi connectivity index (χ0v) is 8.99. The van der Waals surface area contributed by atoms with Gasteiger partial charge in [-0.25, -0.2) is 10.6 Å². The summed E-state index contributed by atoms with van der Waals surface area (Å²) in [6.45, 7) is 0. The lowest BCUT2D eigenvalue weighted by Crippen LogP contribution is -2.45. The zero-order valence-electron chi connectivity index (χ0n) is 8.99. The standard InChI is InChI=1S/C10H13N5O2/c11-6(9(16)15-12)3-5-1-2-7-8(4-5)14-10(17)13-7/h1-2,4,6H,3,11-12H2,(H,15,16)(H2,13,14,17). The number of H-pyrrole nitrogens is 2. The van der Waals surface area contributed by atoms with E-state index in [9.17, 15) is 9.59 Å².